The van der Waals surface area contributed by atoms with Gasteiger partial charge in [-0.05, 0) is 54.8 Å². The third kappa shape index (κ3) is 3.26. The molecule has 0 bridgehead atoms. The minimum Gasteiger partial charge on any atom is -0.486 e. The molecule has 0 aromatic heterocycles. The van der Waals surface area contributed by atoms with Crippen LogP contribution in [-0.2, 0) is 11.2 Å². The van der Waals surface area contributed by atoms with Crippen LogP contribution in [-0.4, -0.2) is 31.6 Å². The molecule has 2 heterocycles. The van der Waals surface area contributed by atoms with E-state index in [4.69, 9.17) is 9.47 Å². The number of rotatable bonds is 3. The van der Waals surface area contributed by atoms with Crippen molar-refractivity contribution in [2.75, 3.05) is 30.0 Å². The van der Waals surface area contributed by atoms with E-state index in [9.17, 15) is 9.59 Å². The highest BCUT2D eigenvalue weighted by molar-refractivity contribution is 6.06. The van der Waals surface area contributed by atoms with Crippen molar-refractivity contribution in [3.05, 3.63) is 60.2 Å². The summed E-state index contributed by atoms with van der Waals surface area (Å²) >= 11 is 0. The molecule has 0 fully saturated rings. The number of benzene rings is 2. The quantitative estimate of drug-likeness (QED) is 0.850. The molecule has 2 aliphatic rings. The summed E-state index contributed by atoms with van der Waals surface area (Å²) in [5.41, 5.74) is 2.95. The van der Waals surface area contributed by atoms with Crippen LogP contribution in [0.25, 0.3) is 0 Å². The molecular formula is C21H20N2O4. The van der Waals surface area contributed by atoms with Crippen LogP contribution in [0, 0.1) is 0 Å². The monoisotopic (exact) mass is 364 g/mol. The maximum absolute atomic E-state index is 12.8. The van der Waals surface area contributed by atoms with E-state index in [1.54, 1.807) is 17.0 Å². The van der Waals surface area contributed by atoms with E-state index in [2.05, 4.69) is 11.9 Å². The van der Waals surface area contributed by atoms with E-state index < -0.39 is 0 Å². The lowest BCUT2D eigenvalue weighted by atomic mass is 9.98. The Hall–Kier alpha value is -3.28. The van der Waals surface area contributed by atoms with Crippen LogP contribution in [0.3, 0.4) is 0 Å². The fraction of sp³-hybridized carbons (Fsp3) is 0.238. The Morgan fingerprint density at radius 3 is 2.85 bits per heavy atom. The number of nitrogens with zero attached hydrogens (tertiary/aromatic N) is 1. The molecule has 2 aliphatic heterocycles. The molecule has 0 atom stereocenters. The first-order chi connectivity index (χ1) is 13.2. The molecule has 0 aliphatic carbocycles. The molecule has 0 saturated heterocycles. The minimum absolute atomic E-state index is 0.124. The lowest BCUT2D eigenvalue weighted by Gasteiger charge is -2.29. The van der Waals surface area contributed by atoms with Crippen molar-refractivity contribution in [1.82, 2.24) is 0 Å². The second-order valence-corrected chi connectivity index (χ2v) is 6.42. The number of fused-ring (bicyclic) bond motifs is 2. The highest BCUT2D eigenvalue weighted by Gasteiger charge is 2.23. The maximum Gasteiger partial charge on any atom is 0.255 e. The van der Waals surface area contributed by atoms with Gasteiger partial charge in [-0.25, -0.2) is 0 Å². The zero-order valence-electron chi connectivity index (χ0n) is 14.9. The fourth-order valence-corrected chi connectivity index (χ4v) is 3.44. The third-order valence-electron chi connectivity index (χ3n) is 4.72. The van der Waals surface area contributed by atoms with E-state index in [1.807, 2.05) is 24.3 Å². The predicted molar refractivity (Wildman–Crippen MR) is 103 cm³/mol. The smallest absolute Gasteiger partial charge is 0.255 e. The van der Waals surface area contributed by atoms with Gasteiger partial charge in [0.1, 0.15) is 13.2 Å². The van der Waals surface area contributed by atoms with Gasteiger partial charge in [-0.1, -0.05) is 12.6 Å². The van der Waals surface area contributed by atoms with Gasteiger partial charge in [0.2, 0.25) is 5.91 Å². The van der Waals surface area contributed by atoms with Crippen LogP contribution in [0.4, 0.5) is 11.4 Å². The van der Waals surface area contributed by atoms with Crippen LogP contribution in [0.15, 0.2) is 49.1 Å². The Balaban J connectivity index is 1.59. The highest BCUT2D eigenvalue weighted by atomic mass is 16.6. The van der Waals surface area contributed by atoms with Gasteiger partial charge in [0.25, 0.3) is 5.91 Å². The second kappa shape index (κ2) is 7.15. The van der Waals surface area contributed by atoms with Crippen molar-refractivity contribution in [3.8, 4) is 11.5 Å². The van der Waals surface area contributed by atoms with E-state index in [0.29, 0.717) is 42.5 Å². The van der Waals surface area contributed by atoms with Crippen molar-refractivity contribution in [1.29, 1.82) is 0 Å². The Morgan fingerprint density at radius 2 is 2.00 bits per heavy atom. The Morgan fingerprint density at radius 1 is 1.15 bits per heavy atom. The van der Waals surface area contributed by atoms with Crippen molar-refractivity contribution >= 4 is 23.2 Å². The lowest BCUT2D eigenvalue weighted by Crippen LogP contribution is -2.34. The molecule has 1 N–H and O–H groups in total. The summed E-state index contributed by atoms with van der Waals surface area (Å²) in [7, 11) is 0. The summed E-state index contributed by atoms with van der Waals surface area (Å²) in [4.78, 5) is 26.5. The predicted octanol–water partition coefficient (Wildman–Crippen LogP) is 3.18. The van der Waals surface area contributed by atoms with Crippen LogP contribution >= 0.6 is 0 Å². The lowest BCUT2D eigenvalue weighted by molar-refractivity contribution is -0.114. The molecule has 0 spiro atoms. The van der Waals surface area contributed by atoms with Crippen molar-refractivity contribution in [2.24, 2.45) is 0 Å². The molecule has 4 rings (SSSR count). The van der Waals surface area contributed by atoms with E-state index >= 15 is 0 Å². The van der Waals surface area contributed by atoms with Gasteiger partial charge >= 0.3 is 0 Å². The molecule has 2 aromatic rings. The van der Waals surface area contributed by atoms with Crippen LogP contribution in [0.5, 0.6) is 11.5 Å². The first-order valence-corrected chi connectivity index (χ1v) is 8.94. The average molecular weight is 364 g/mol. The number of amides is 2. The zero-order valence-corrected chi connectivity index (χ0v) is 14.9. The molecule has 6 nitrogen and oxygen atoms in total. The van der Waals surface area contributed by atoms with Gasteiger partial charge in [-0.2, -0.15) is 0 Å². The summed E-state index contributed by atoms with van der Waals surface area (Å²) in [6, 6.07) is 10.8. The number of carbonyl (C=O) groups excluding carboxylic acids is 2. The molecule has 2 aromatic carbocycles. The summed E-state index contributed by atoms with van der Waals surface area (Å²) in [5.74, 6) is 0.828. The Kier molecular flexibility index (Phi) is 4.54. The van der Waals surface area contributed by atoms with Gasteiger partial charge in [-0.15, -0.1) is 0 Å². The molecule has 27 heavy (non-hydrogen) atoms. The van der Waals surface area contributed by atoms with Crippen molar-refractivity contribution < 1.29 is 19.1 Å². The first-order valence-electron chi connectivity index (χ1n) is 8.94. The van der Waals surface area contributed by atoms with E-state index in [0.717, 1.165) is 24.1 Å². The number of aryl methyl sites for hydroxylation is 1. The first kappa shape index (κ1) is 17.1. The molecule has 0 radical (unpaired) electrons. The average Bonchev–Trinajstić information content (AvgIpc) is 2.72. The fourth-order valence-electron chi connectivity index (χ4n) is 3.44. The summed E-state index contributed by atoms with van der Waals surface area (Å²) in [5, 5.41) is 2.90. The molecule has 0 saturated carbocycles. The molecule has 138 valence electrons. The van der Waals surface area contributed by atoms with Crippen LogP contribution < -0.4 is 19.7 Å². The maximum atomic E-state index is 12.8. The number of ether oxygens (including phenoxy) is 2. The zero-order chi connectivity index (χ0) is 18.8. The van der Waals surface area contributed by atoms with Gasteiger partial charge in [0.05, 0.1) is 5.69 Å². The second-order valence-electron chi connectivity index (χ2n) is 6.42. The topological polar surface area (TPSA) is 67.9 Å². The SMILES string of the molecule is C=CC(=O)N1CCCc2cc(C(=O)Nc3cccc4c3OCCO4)ccc21. The van der Waals surface area contributed by atoms with E-state index in [-0.39, 0.29) is 11.8 Å². The van der Waals surface area contributed by atoms with E-state index in [1.165, 1.54) is 6.08 Å². The summed E-state index contributed by atoms with van der Waals surface area (Å²) in [6.07, 6.45) is 3.00. The normalized spacial score (nSPS) is 14.9. The standard InChI is InChI=1S/C21H20N2O4/c1-2-19(24)23-10-4-5-14-13-15(8-9-17(14)23)21(25)22-16-6-3-7-18-20(16)27-12-11-26-18/h2-3,6-9,13H,1,4-5,10-12H2,(H,22,25). The molecular weight excluding hydrogens is 344 g/mol. The Bertz CT molecular complexity index is 922. The number of hydrogen-bond donors (Lipinski definition) is 1. The number of hydrogen-bond acceptors (Lipinski definition) is 4. The third-order valence-corrected chi connectivity index (χ3v) is 4.72. The van der Waals surface area contributed by atoms with Gasteiger partial charge in [-0.3, -0.25) is 9.59 Å². The number of carbonyl (C=O) groups is 2. The van der Waals surface area contributed by atoms with Gasteiger partial charge in [0.15, 0.2) is 11.5 Å². The Labute approximate surface area is 157 Å². The van der Waals surface area contributed by atoms with Crippen molar-refractivity contribution in [2.45, 2.75) is 12.8 Å². The van der Waals surface area contributed by atoms with Gasteiger partial charge in [0, 0.05) is 17.8 Å². The molecule has 6 heteroatoms. The number of nitrogens with one attached hydrogen (secondary N) is 1. The minimum atomic E-state index is -0.229. The van der Waals surface area contributed by atoms with Crippen LogP contribution in [0.1, 0.15) is 22.3 Å². The summed E-state index contributed by atoms with van der Waals surface area (Å²) in [6.45, 7) is 5.17. The number of anilines is 2. The van der Waals surface area contributed by atoms with Crippen LogP contribution in [0.2, 0.25) is 0 Å². The highest BCUT2D eigenvalue weighted by Crippen LogP contribution is 2.37. The molecule has 2 amide bonds. The van der Waals surface area contributed by atoms with Crippen molar-refractivity contribution in [3.63, 3.8) is 0 Å². The number of para-hydroxylation sites is 1. The summed E-state index contributed by atoms with van der Waals surface area (Å²) < 4.78 is 11.2. The largest absolute Gasteiger partial charge is 0.486 e. The van der Waals surface area contributed by atoms with Gasteiger partial charge < -0.3 is 19.7 Å². The molecule has 0 unspecified atom stereocenters.